The van der Waals surface area contributed by atoms with Gasteiger partial charge >= 0.3 is 0 Å². The molecule has 0 unspecified atom stereocenters. The first-order valence-corrected chi connectivity index (χ1v) is 10.5. The van der Waals surface area contributed by atoms with E-state index >= 15 is 0 Å². The van der Waals surface area contributed by atoms with E-state index in [0.29, 0.717) is 41.5 Å². The van der Waals surface area contributed by atoms with Crippen LogP contribution in [0, 0.1) is 5.92 Å². The second-order valence-corrected chi connectivity index (χ2v) is 8.03. The first-order valence-electron chi connectivity index (χ1n) is 9.67. The monoisotopic (exact) mass is 429 g/mol. The summed E-state index contributed by atoms with van der Waals surface area (Å²) in [5.74, 6) is 1.30. The van der Waals surface area contributed by atoms with Gasteiger partial charge in [0.25, 0.3) is 5.56 Å². The van der Waals surface area contributed by atoms with Gasteiger partial charge in [-0.15, -0.1) is 0 Å². The number of benzene rings is 1. The molecule has 0 radical (unpaired) electrons. The van der Waals surface area contributed by atoms with E-state index < -0.39 is 0 Å². The SMILES string of the molecule is COc1ccc(CNC(=O)C2CCN(c3nc4nc[nH]c(=O)c4s3)CC2)cc1OC. The van der Waals surface area contributed by atoms with E-state index in [0.717, 1.165) is 23.5 Å². The van der Waals surface area contributed by atoms with Gasteiger partial charge in [0.05, 0.1) is 20.5 Å². The van der Waals surface area contributed by atoms with Crippen molar-refractivity contribution in [2.24, 2.45) is 5.92 Å². The van der Waals surface area contributed by atoms with Crippen LogP contribution in [0.5, 0.6) is 11.5 Å². The van der Waals surface area contributed by atoms with Gasteiger partial charge in [0.15, 0.2) is 22.3 Å². The molecule has 1 fully saturated rings. The van der Waals surface area contributed by atoms with Crippen LogP contribution in [0.15, 0.2) is 29.3 Å². The Labute approximate surface area is 177 Å². The number of rotatable bonds is 6. The Kier molecular flexibility index (Phi) is 5.84. The van der Waals surface area contributed by atoms with Gasteiger partial charge in [0.2, 0.25) is 5.91 Å². The highest BCUT2D eigenvalue weighted by Gasteiger charge is 2.26. The standard InChI is InChI=1S/C20H23N5O4S/c1-28-14-4-3-12(9-15(14)29-2)10-21-18(26)13-5-7-25(8-6-13)20-24-17-16(30-20)19(27)23-11-22-17/h3-4,9,11,13H,5-8,10H2,1-2H3,(H,21,26)(H,22,23,27). The number of amides is 1. The Morgan fingerprint density at radius 1 is 1.27 bits per heavy atom. The number of thiazole rings is 1. The molecule has 9 nitrogen and oxygen atoms in total. The molecule has 30 heavy (non-hydrogen) atoms. The van der Waals surface area contributed by atoms with Crippen LogP contribution in [0.3, 0.4) is 0 Å². The average Bonchev–Trinajstić information content (AvgIpc) is 3.23. The molecule has 2 aromatic heterocycles. The largest absolute Gasteiger partial charge is 0.493 e. The Morgan fingerprint density at radius 2 is 2.03 bits per heavy atom. The molecule has 0 aliphatic carbocycles. The molecule has 0 atom stereocenters. The zero-order valence-electron chi connectivity index (χ0n) is 16.8. The minimum Gasteiger partial charge on any atom is -0.493 e. The van der Waals surface area contributed by atoms with Crippen LogP contribution < -0.4 is 25.2 Å². The number of fused-ring (bicyclic) bond motifs is 1. The van der Waals surface area contributed by atoms with Gasteiger partial charge < -0.3 is 24.7 Å². The molecule has 1 aromatic carbocycles. The summed E-state index contributed by atoms with van der Waals surface area (Å²) in [5, 5.41) is 3.80. The molecular formula is C20H23N5O4S. The number of anilines is 1. The predicted molar refractivity (Wildman–Crippen MR) is 114 cm³/mol. The number of nitrogens with one attached hydrogen (secondary N) is 2. The first kappa shape index (κ1) is 20.1. The summed E-state index contributed by atoms with van der Waals surface area (Å²) in [6, 6.07) is 5.61. The molecule has 3 heterocycles. The molecule has 3 aromatic rings. The Bertz CT molecular complexity index is 1100. The third kappa shape index (κ3) is 4.09. The number of ether oxygens (including phenoxy) is 2. The van der Waals surface area contributed by atoms with E-state index in [4.69, 9.17) is 9.47 Å². The van der Waals surface area contributed by atoms with E-state index in [2.05, 4.69) is 25.2 Å². The number of carbonyl (C=O) groups excluding carboxylic acids is 1. The Balaban J connectivity index is 1.33. The summed E-state index contributed by atoms with van der Waals surface area (Å²) in [7, 11) is 3.18. The lowest BCUT2D eigenvalue weighted by atomic mass is 9.96. The number of aromatic amines is 1. The van der Waals surface area contributed by atoms with E-state index in [1.165, 1.54) is 17.7 Å². The van der Waals surface area contributed by atoms with E-state index in [9.17, 15) is 9.59 Å². The number of aromatic nitrogens is 3. The molecule has 1 saturated heterocycles. The molecule has 0 bridgehead atoms. The van der Waals surface area contributed by atoms with Gasteiger partial charge in [0, 0.05) is 25.6 Å². The number of hydrogen-bond donors (Lipinski definition) is 2. The second kappa shape index (κ2) is 8.70. The van der Waals surface area contributed by atoms with Crippen LogP contribution in [-0.2, 0) is 11.3 Å². The van der Waals surface area contributed by atoms with Crippen LogP contribution in [0.25, 0.3) is 10.3 Å². The van der Waals surface area contributed by atoms with Crippen molar-refractivity contribution in [3.8, 4) is 11.5 Å². The molecule has 1 aliphatic rings. The number of methoxy groups -OCH3 is 2. The summed E-state index contributed by atoms with van der Waals surface area (Å²) >= 11 is 1.34. The zero-order valence-corrected chi connectivity index (χ0v) is 17.6. The number of piperidine rings is 1. The van der Waals surface area contributed by atoms with E-state index in [-0.39, 0.29) is 17.4 Å². The molecule has 10 heteroatoms. The number of carbonyl (C=O) groups is 1. The van der Waals surface area contributed by atoms with Crippen molar-refractivity contribution in [2.75, 3.05) is 32.2 Å². The molecule has 2 N–H and O–H groups in total. The molecule has 1 amide bonds. The molecule has 0 saturated carbocycles. The first-order chi connectivity index (χ1) is 14.6. The van der Waals surface area contributed by atoms with Gasteiger partial charge in [-0.2, -0.15) is 4.98 Å². The fraction of sp³-hybridized carbons (Fsp3) is 0.400. The van der Waals surface area contributed by atoms with Gasteiger partial charge in [-0.05, 0) is 30.5 Å². The van der Waals surface area contributed by atoms with E-state index in [1.54, 1.807) is 14.2 Å². The molecule has 0 spiro atoms. The quantitative estimate of drug-likeness (QED) is 0.616. The minimum atomic E-state index is -0.173. The maximum atomic E-state index is 12.6. The van der Waals surface area contributed by atoms with Crippen molar-refractivity contribution < 1.29 is 14.3 Å². The molecular weight excluding hydrogens is 406 g/mol. The van der Waals surface area contributed by atoms with Crippen molar-refractivity contribution in [3.05, 3.63) is 40.4 Å². The third-order valence-corrected chi connectivity index (χ3v) is 6.34. The van der Waals surface area contributed by atoms with Crippen LogP contribution in [0.4, 0.5) is 5.13 Å². The summed E-state index contributed by atoms with van der Waals surface area (Å²) < 4.78 is 11.1. The topological polar surface area (TPSA) is 109 Å². The maximum Gasteiger partial charge on any atom is 0.270 e. The van der Waals surface area contributed by atoms with Crippen molar-refractivity contribution in [3.63, 3.8) is 0 Å². The van der Waals surface area contributed by atoms with Gasteiger partial charge in [0.1, 0.15) is 4.70 Å². The summed E-state index contributed by atoms with van der Waals surface area (Å²) in [5.41, 5.74) is 1.24. The lowest BCUT2D eigenvalue weighted by molar-refractivity contribution is -0.125. The zero-order chi connectivity index (χ0) is 21.1. The van der Waals surface area contributed by atoms with Crippen LogP contribution in [-0.4, -0.2) is 48.2 Å². The van der Waals surface area contributed by atoms with Gasteiger partial charge in [-0.25, -0.2) is 4.98 Å². The average molecular weight is 430 g/mol. The Morgan fingerprint density at radius 3 is 2.73 bits per heavy atom. The normalized spacial score (nSPS) is 14.7. The second-order valence-electron chi connectivity index (χ2n) is 7.05. The maximum absolute atomic E-state index is 12.6. The summed E-state index contributed by atoms with van der Waals surface area (Å²) in [6.45, 7) is 1.87. The van der Waals surface area contributed by atoms with Crippen LogP contribution in [0.2, 0.25) is 0 Å². The highest BCUT2D eigenvalue weighted by Crippen LogP contribution is 2.30. The van der Waals surface area contributed by atoms with Crippen molar-refractivity contribution in [1.82, 2.24) is 20.3 Å². The van der Waals surface area contributed by atoms with Crippen molar-refractivity contribution in [1.29, 1.82) is 0 Å². The summed E-state index contributed by atoms with van der Waals surface area (Å²) in [4.78, 5) is 37.8. The van der Waals surface area contributed by atoms with Crippen LogP contribution in [0.1, 0.15) is 18.4 Å². The fourth-order valence-corrected chi connectivity index (χ4v) is 4.51. The van der Waals surface area contributed by atoms with Crippen LogP contribution >= 0.6 is 11.3 Å². The van der Waals surface area contributed by atoms with Gasteiger partial charge in [-0.3, -0.25) is 9.59 Å². The van der Waals surface area contributed by atoms with Crippen molar-refractivity contribution in [2.45, 2.75) is 19.4 Å². The predicted octanol–water partition coefficient (Wildman–Crippen LogP) is 1.93. The van der Waals surface area contributed by atoms with E-state index in [1.807, 2.05) is 18.2 Å². The number of hydrogen-bond acceptors (Lipinski definition) is 8. The van der Waals surface area contributed by atoms with Gasteiger partial charge in [-0.1, -0.05) is 17.4 Å². The minimum absolute atomic E-state index is 0.0442. The highest BCUT2D eigenvalue weighted by molar-refractivity contribution is 7.22. The lowest BCUT2D eigenvalue weighted by Crippen LogP contribution is -2.40. The molecule has 4 rings (SSSR count). The molecule has 1 aliphatic heterocycles. The summed E-state index contributed by atoms with van der Waals surface area (Å²) in [6.07, 6.45) is 2.83. The fourth-order valence-electron chi connectivity index (χ4n) is 3.55. The lowest BCUT2D eigenvalue weighted by Gasteiger charge is -2.31. The number of H-pyrrole nitrogens is 1. The highest BCUT2D eigenvalue weighted by atomic mass is 32.1. The number of nitrogens with zero attached hydrogens (tertiary/aromatic N) is 3. The molecule has 158 valence electrons. The van der Waals surface area contributed by atoms with Crippen molar-refractivity contribution >= 4 is 32.7 Å². The third-order valence-electron chi connectivity index (χ3n) is 5.24. The Hall–Kier alpha value is -3.14. The smallest absolute Gasteiger partial charge is 0.270 e.